The molecular weight excluding hydrogens is 342 g/mol. The lowest BCUT2D eigenvalue weighted by atomic mass is 9.90. The highest BCUT2D eigenvalue weighted by atomic mass is 35.5. The van der Waals surface area contributed by atoms with E-state index >= 15 is 0 Å². The maximum atomic E-state index is 6.36. The standard InChI is InChI=1S/C19H28ClNO4/c1-18(22-3)19(2,23-4)25-17-15(10-20)12-21(13-16(17)24-18)11-14-8-6-5-7-9-14/h5-9,15-17H,10-13H2,1-4H3. The first kappa shape index (κ1) is 19.1. The molecule has 140 valence electrons. The molecule has 0 amide bonds. The minimum absolute atomic E-state index is 0.113. The zero-order valence-corrected chi connectivity index (χ0v) is 16.2. The number of piperidine rings is 1. The third kappa shape index (κ3) is 3.59. The van der Waals surface area contributed by atoms with E-state index in [0.717, 1.165) is 19.6 Å². The summed E-state index contributed by atoms with van der Waals surface area (Å²) >= 11 is 6.28. The Balaban J connectivity index is 1.79. The summed E-state index contributed by atoms with van der Waals surface area (Å²) in [7, 11) is 3.23. The number of nitrogens with zero attached hydrogens (tertiary/aromatic N) is 1. The molecule has 0 saturated carbocycles. The van der Waals surface area contributed by atoms with Gasteiger partial charge in [0.05, 0.1) is 6.10 Å². The predicted octanol–water partition coefficient (Wildman–Crippen LogP) is 2.87. The fourth-order valence-corrected chi connectivity index (χ4v) is 4.06. The van der Waals surface area contributed by atoms with Gasteiger partial charge in [-0.25, -0.2) is 0 Å². The number of hydrogen-bond acceptors (Lipinski definition) is 5. The van der Waals surface area contributed by atoms with Gasteiger partial charge < -0.3 is 18.9 Å². The lowest BCUT2D eigenvalue weighted by molar-refractivity contribution is -0.456. The molecule has 1 aromatic rings. The molecule has 2 heterocycles. The van der Waals surface area contributed by atoms with Crippen LogP contribution in [0, 0.1) is 5.92 Å². The molecule has 0 radical (unpaired) electrons. The molecule has 0 aliphatic carbocycles. The molecule has 2 fully saturated rings. The van der Waals surface area contributed by atoms with Gasteiger partial charge in [0.1, 0.15) is 6.10 Å². The number of hydrogen-bond donors (Lipinski definition) is 0. The Labute approximate surface area is 155 Å². The highest BCUT2D eigenvalue weighted by molar-refractivity contribution is 6.18. The molecule has 1 aromatic carbocycles. The van der Waals surface area contributed by atoms with Crippen molar-refractivity contribution in [2.24, 2.45) is 5.92 Å². The number of benzene rings is 1. The molecule has 2 aliphatic heterocycles. The molecule has 5 atom stereocenters. The number of methoxy groups -OCH3 is 2. The van der Waals surface area contributed by atoms with E-state index in [1.807, 2.05) is 19.9 Å². The van der Waals surface area contributed by atoms with Gasteiger partial charge in [-0.2, -0.15) is 0 Å². The van der Waals surface area contributed by atoms with Crippen LogP contribution < -0.4 is 0 Å². The van der Waals surface area contributed by atoms with Crippen molar-refractivity contribution in [1.82, 2.24) is 4.90 Å². The summed E-state index contributed by atoms with van der Waals surface area (Å²) in [5.41, 5.74) is 1.28. The fraction of sp³-hybridized carbons (Fsp3) is 0.684. The van der Waals surface area contributed by atoms with Crippen LogP contribution in [-0.2, 0) is 25.5 Å². The van der Waals surface area contributed by atoms with Gasteiger partial charge in [0.2, 0.25) is 11.6 Å². The zero-order valence-electron chi connectivity index (χ0n) is 15.4. The third-order valence-corrected chi connectivity index (χ3v) is 5.95. The second-order valence-corrected chi connectivity index (χ2v) is 7.44. The van der Waals surface area contributed by atoms with E-state index in [1.165, 1.54) is 5.56 Å². The van der Waals surface area contributed by atoms with Gasteiger partial charge in [-0.15, -0.1) is 11.6 Å². The lowest BCUT2D eigenvalue weighted by Crippen LogP contribution is -2.70. The molecule has 6 heteroatoms. The Morgan fingerprint density at radius 2 is 1.72 bits per heavy atom. The van der Waals surface area contributed by atoms with Crippen molar-refractivity contribution in [3.05, 3.63) is 35.9 Å². The van der Waals surface area contributed by atoms with Gasteiger partial charge in [-0.05, 0) is 19.4 Å². The minimum atomic E-state index is -0.977. The minimum Gasteiger partial charge on any atom is -0.349 e. The van der Waals surface area contributed by atoms with Crippen molar-refractivity contribution in [3.8, 4) is 0 Å². The summed E-state index contributed by atoms with van der Waals surface area (Å²) in [5, 5.41) is 0. The molecule has 25 heavy (non-hydrogen) atoms. The SMILES string of the molecule is COC1(C)OC2CN(Cc3ccccc3)CC(CCl)C2OC1(C)OC. The Morgan fingerprint density at radius 1 is 1.08 bits per heavy atom. The van der Waals surface area contributed by atoms with Crippen LogP contribution in [0.2, 0.25) is 0 Å². The quantitative estimate of drug-likeness (QED) is 0.746. The summed E-state index contributed by atoms with van der Waals surface area (Å²) in [6.07, 6.45) is -0.230. The molecule has 0 bridgehead atoms. The van der Waals surface area contributed by atoms with E-state index in [0.29, 0.717) is 5.88 Å². The van der Waals surface area contributed by atoms with Crippen molar-refractivity contribution in [1.29, 1.82) is 0 Å². The van der Waals surface area contributed by atoms with Crippen LogP contribution in [0.4, 0.5) is 0 Å². The monoisotopic (exact) mass is 369 g/mol. The van der Waals surface area contributed by atoms with Crippen LogP contribution >= 0.6 is 11.6 Å². The number of halogens is 1. The highest BCUT2D eigenvalue weighted by Crippen LogP contribution is 2.43. The largest absolute Gasteiger partial charge is 0.349 e. The topological polar surface area (TPSA) is 40.2 Å². The maximum absolute atomic E-state index is 6.36. The summed E-state index contributed by atoms with van der Waals surface area (Å²) in [6, 6.07) is 10.4. The van der Waals surface area contributed by atoms with E-state index in [2.05, 4.69) is 29.2 Å². The zero-order chi connectivity index (χ0) is 18.1. The summed E-state index contributed by atoms with van der Waals surface area (Å²) in [6.45, 7) is 6.22. The predicted molar refractivity (Wildman–Crippen MR) is 96.5 cm³/mol. The third-order valence-electron chi connectivity index (χ3n) is 5.55. The van der Waals surface area contributed by atoms with Crippen LogP contribution in [0.5, 0.6) is 0 Å². The van der Waals surface area contributed by atoms with Crippen LogP contribution in [0.25, 0.3) is 0 Å². The van der Waals surface area contributed by atoms with Gasteiger partial charge >= 0.3 is 0 Å². The molecule has 3 rings (SSSR count). The molecule has 5 unspecified atom stereocenters. The summed E-state index contributed by atoms with van der Waals surface area (Å²) < 4.78 is 24.0. The van der Waals surface area contributed by atoms with E-state index in [9.17, 15) is 0 Å². The van der Waals surface area contributed by atoms with E-state index in [1.54, 1.807) is 14.2 Å². The van der Waals surface area contributed by atoms with Gasteiger partial charge in [0.25, 0.3) is 0 Å². The van der Waals surface area contributed by atoms with Crippen LogP contribution in [0.15, 0.2) is 30.3 Å². The molecule has 0 aromatic heterocycles. The van der Waals surface area contributed by atoms with Crippen molar-refractivity contribution >= 4 is 11.6 Å². The molecule has 0 N–H and O–H groups in total. The lowest BCUT2D eigenvalue weighted by Gasteiger charge is -2.56. The molecule has 2 saturated heterocycles. The smallest absolute Gasteiger partial charge is 0.220 e. The van der Waals surface area contributed by atoms with Gasteiger partial charge in [0, 0.05) is 45.7 Å². The maximum Gasteiger partial charge on any atom is 0.220 e. The first-order chi connectivity index (χ1) is 11.9. The average molecular weight is 370 g/mol. The summed E-state index contributed by atoms with van der Waals surface area (Å²) in [4.78, 5) is 2.37. The van der Waals surface area contributed by atoms with E-state index < -0.39 is 11.6 Å². The van der Waals surface area contributed by atoms with Gasteiger partial charge in [0.15, 0.2) is 0 Å². The van der Waals surface area contributed by atoms with Gasteiger partial charge in [-0.3, -0.25) is 4.90 Å². The first-order valence-corrected chi connectivity index (χ1v) is 9.26. The van der Waals surface area contributed by atoms with E-state index in [-0.39, 0.29) is 18.1 Å². The van der Waals surface area contributed by atoms with E-state index in [4.69, 9.17) is 30.5 Å². The molecular formula is C19H28ClNO4. The second-order valence-electron chi connectivity index (χ2n) is 7.13. The summed E-state index contributed by atoms with van der Waals surface area (Å²) in [5.74, 6) is -1.27. The Kier molecular flexibility index (Phi) is 5.73. The van der Waals surface area contributed by atoms with Crippen molar-refractivity contribution in [2.45, 2.75) is 44.2 Å². The van der Waals surface area contributed by atoms with Crippen LogP contribution in [-0.4, -0.2) is 61.9 Å². The van der Waals surface area contributed by atoms with Crippen molar-refractivity contribution < 1.29 is 18.9 Å². The number of ether oxygens (including phenoxy) is 4. The molecule has 2 aliphatic rings. The Hall–Kier alpha value is -0.690. The van der Waals surface area contributed by atoms with Crippen molar-refractivity contribution in [3.63, 3.8) is 0 Å². The highest BCUT2D eigenvalue weighted by Gasteiger charge is 2.59. The van der Waals surface area contributed by atoms with Crippen LogP contribution in [0.1, 0.15) is 19.4 Å². The first-order valence-electron chi connectivity index (χ1n) is 8.73. The van der Waals surface area contributed by atoms with Crippen LogP contribution in [0.3, 0.4) is 0 Å². The normalized spacial score (nSPS) is 39.2. The number of likely N-dealkylation sites (tertiary alicyclic amines) is 1. The number of rotatable bonds is 5. The number of alkyl halides is 1. The molecule has 0 spiro atoms. The fourth-order valence-electron chi connectivity index (χ4n) is 3.79. The number of fused-ring (bicyclic) bond motifs is 1. The Morgan fingerprint density at radius 3 is 2.32 bits per heavy atom. The second kappa shape index (κ2) is 7.51. The van der Waals surface area contributed by atoms with Crippen molar-refractivity contribution in [2.75, 3.05) is 33.2 Å². The Bertz CT molecular complexity index is 574. The average Bonchev–Trinajstić information content (AvgIpc) is 2.63. The molecule has 5 nitrogen and oxygen atoms in total. The van der Waals surface area contributed by atoms with Gasteiger partial charge in [-0.1, -0.05) is 30.3 Å².